The molecule has 0 saturated heterocycles. The monoisotopic (exact) mass is 263 g/mol. The van der Waals surface area contributed by atoms with Gasteiger partial charge < -0.3 is 10.4 Å². The molecule has 19 heavy (non-hydrogen) atoms. The molecule has 0 fully saturated rings. The van der Waals surface area contributed by atoms with Gasteiger partial charge in [-0.3, -0.25) is 4.79 Å². The summed E-state index contributed by atoms with van der Waals surface area (Å²) in [5, 5.41) is 11.3. The Labute approximate surface area is 110 Å². The first kappa shape index (κ1) is 14.7. The van der Waals surface area contributed by atoms with E-state index in [1.165, 1.54) is 18.2 Å². The normalized spacial score (nSPS) is 11.4. The van der Waals surface area contributed by atoms with E-state index in [1.54, 1.807) is 0 Å². The van der Waals surface area contributed by atoms with Gasteiger partial charge in [0.15, 0.2) is 0 Å². The maximum Gasteiger partial charge on any atom is 0.326 e. The molecule has 5 heteroatoms. The van der Waals surface area contributed by atoms with Crippen molar-refractivity contribution in [1.82, 2.24) is 5.32 Å². The summed E-state index contributed by atoms with van der Waals surface area (Å²) < 4.78 is 13.4. The smallest absolute Gasteiger partial charge is 0.326 e. The molecule has 1 atom stereocenters. The summed E-state index contributed by atoms with van der Waals surface area (Å²) in [5.74, 6) is -0.206. The Hall–Kier alpha value is -2.35. The van der Waals surface area contributed by atoms with Crippen molar-refractivity contribution in [2.75, 3.05) is 0 Å². The van der Waals surface area contributed by atoms with Crippen molar-refractivity contribution in [3.05, 3.63) is 35.6 Å². The number of carboxylic acid groups (broad SMARTS) is 1. The van der Waals surface area contributed by atoms with Crippen molar-refractivity contribution < 1.29 is 19.1 Å². The van der Waals surface area contributed by atoms with Crippen LogP contribution in [0.1, 0.15) is 29.6 Å². The summed E-state index contributed by atoms with van der Waals surface area (Å²) in [6, 6.07) is 4.33. The molecule has 0 aliphatic carbocycles. The molecule has 1 aromatic carbocycles. The Bertz CT molecular complexity index is 508. The number of hydrogen-bond donors (Lipinski definition) is 2. The molecule has 1 amide bonds. The van der Waals surface area contributed by atoms with Crippen molar-refractivity contribution in [2.45, 2.75) is 25.3 Å². The number of rotatable bonds is 6. The van der Waals surface area contributed by atoms with Crippen LogP contribution >= 0.6 is 0 Å². The summed E-state index contributed by atoms with van der Waals surface area (Å²) in [5.41, 5.74) is -0.175. The maximum absolute atomic E-state index is 13.4. The Morgan fingerprint density at radius 2 is 2.11 bits per heavy atom. The maximum atomic E-state index is 13.4. The lowest BCUT2D eigenvalue weighted by atomic mass is 10.1. The molecule has 100 valence electrons. The average Bonchev–Trinajstić information content (AvgIpc) is 2.38. The molecule has 0 saturated carbocycles. The molecule has 0 aliphatic rings. The van der Waals surface area contributed by atoms with Crippen LogP contribution in [0.5, 0.6) is 0 Å². The number of aliphatic carboxylic acids is 1. The highest BCUT2D eigenvalue weighted by Crippen LogP contribution is 2.08. The lowest BCUT2D eigenvalue weighted by Gasteiger charge is -2.14. The number of carbonyl (C=O) groups excluding carboxylic acids is 1. The first-order chi connectivity index (χ1) is 9.06. The van der Waals surface area contributed by atoms with Crippen LogP contribution in [0.25, 0.3) is 0 Å². The van der Waals surface area contributed by atoms with Gasteiger partial charge in [-0.2, -0.15) is 0 Å². The Kier molecular flexibility index (Phi) is 5.55. The second-order valence-electron chi connectivity index (χ2n) is 3.94. The van der Waals surface area contributed by atoms with E-state index in [0.717, 1.165) is 6.07 Å². The number of nitrogens with one attached hydrogen (secondary N) is 1. The van der Waals surface area contributed by atoms with E-state index in [2.05, 4.69) is 11.2 Å². The number of unbranched alkanes of at least 4 members (excludes halogenated alkanes) is 1. The third-order valence-corrected chi connectivity index (χ3v) is 2.54. The topological polar surface area (TPSA) is 66.4 Å². The number of amides is 1. The van der Waals surface area contributed by atoms with Gasteiger partial charge in [-0.05, 0) is 25.0 Å². The number of carboxylic acids is 1. The summed E-state index contributed by atoms with van der Waals surface area (Å²) in [7, 11) is 0. The zero-order chi connectivity index (χ0) is 14.3. The van der Waals surface area contributed by atoms with Crippen LogP contribution in [0.2, 0.25) is 0 Å². The number of carbonyl (C=O) groups is 2. The predicted octanol–water partition coefficient (Wildman–Crippen LogP) is 1.81. The van der Waals surface area contributed by atoms with E-state index in [1.807, 2.05) is 0 Å². The largest absolute Gasteiger partial charge is 0.480 e. The van der Waals surface area contributed by atoms with Gasteiger partial charge in [0.05, 0.1) is 5.56 Å². The van der Waals surface area contributed by atoms with Crippen LogP contribution < -0.4 is 5.32 Å². The van der Waals surface area contributed by atoms with Crippen molar-refractivity contribution in [2.24, 2.45) is 0 Å². The molecule has 2 N–H and O–H groups in total. The van der Waals surface area contributed by atoms with Crippen molar-refractivity contribution in [3.8, 4) is 12.3 Å². The minimum Gasteiger partial charge on any atom is -0.480 e. The SMILES string of the molecule is C#CCCC[C@@H](NC(=O)c1ccccc1F)C(=O)O. The molecule has 0 aliphatic heterocycles. The van der Waals surface area contributed by atoms with Gasteiger partial charge in [0.25, 0.3) is 5.91 Å². The minimum atomic E-state index is -1.17. The number of benzene rings is 1. The molecule has 0 spiro atoms. The second kappa shape index (κ2) is 7.17. The second-order valence-corrected chi connectivity index (χ2v) is 3.94. The minimum absolute atomic E-state index is 0.175. The molecule has 1 aromatic rings. The van der Waals surface area contributed by atoms with E-state index in [0.29, 0.717) is 12.8 Å². The molecule has 0 unspecified atom stereocenters. The van der Waals surface area contributed by atoms with Gasteiger partial charge in [0.2, 0.25) is 0 Å². The lowest BCUT2D eigenvalue weighted by molar-refractivity contribution is -0.139. The molecular formula is C14H14FNO3. The zero-order valence-corrected chi connectivity index (χ0v) is 10.2. The third kappa shape index (κ3) is 4.43. The molecular weight excluding hydrogens is 249 g/mol. The van der Waals surface area contributed by atoms with Gasteiger partial charge in [-0.25, -0.2) is 9.18 Å². The predicted molar refractivity (Wildman–Crippen MR) is 68.0 cm³/mol. The van der Waals surface area contributed by atoms with E-state index in [9.17, 15) is 14.0 Å². The fraction of sp³-hybridized carbons (Fsp3) is 0.286. The quantitative estimate of drug-likeness (QED) is 0.607. The van der Waals surface area contributed by atoms with Crippen molar-refractivity contribution >= 4 is 11.9 Å². The summed E-state index contributed by atoms with van der Waals surface area (Å²) in [6.07, 6.45) is 6.18. The summed E-state index contributed by atoms with van der Waals surface area (Å²) >= 11 is 0. The summed E-state index contributed by atoms with van der Waals surface area (Å²) in [4.78, 5) is 22.7. The van der Waals surface area contributed by atoms with Crippen LogP contribution in [0, 0.1) is 18.2 Å². The zero-order valence-electron chi connectivity index (χ0n) is 10.2. The van der Waals surface area contributed by atoms with Crippen LogP contribution in [0.4, 0.5) is 4.39 Å². The van der Waals surface area contributed by atoms with E-state index in [4.69, 9.17) is 11.5 Å². The van der Waals surface area contributed by atoms with Gasteiger partial charge in [0, 0.05) is 6.42 Å². The van der Waals surface area contributed by atoms with Crippen LogP contribution in [-0.4, -0.2) is 23.0 Å². The van der Waals surface area contributed by atoms with Crippen LogP contribution in [-0.2, 0) is 4.79 Å². The van der Waals surface area contributed by atoms with E-state index >= 15 is 0 Å². The van der Waals surface area contributed by atoms with Crippen LogP contribution in [0.15, 0.2) is 24.3 Å². The fourth-order valence-electron chi connectivity index (χ4n) is 1.55. The van der Waals surface area contributed by atoms with Gasteiger partial charge in [0.1, 0.15) is 11.9 Å². The molecule has 0 aromatic heterocycles. The molecule has 1 rings (SSSR count). The standard InChI is InChI=1S/C14H14FNO3/c1-2-3-4-9-12(14(18)19)16-13(17)10-7-5-6-8-11(10)15/h1,5-8,12H,3-4,9H2,(H,16,17)(H,18,19)/t12-/m1/s1. The first-order valence-corrected chi connectivity index (χ1v) is 5.78. The Morgan fingerprint density at radius 1 is 1.42 bits per heavy atom. The highest BCUT2D eigenvalue weighted by molar-refractivity contribution is 5.96. The molecule has 0 heterocycles. The van der Waals surface area contributed by atoms with E-state index in [-0.39, 0.29) is 12.0 Å². The van der Waals surface area contributed by atoms with Crippen molar-refractivity contribution in [3.63, 3.8) is 0 Å². The highest BCUT2D eigenvalue weighted by Gasteiger charge is 2.21. The Morgan fingerprint density at radius 3 is 2.68 bits per heavy atom. The fourth-order valence-corrected chi connectivity index (χ4v) is 1.55. The molecule has 0 radical (unpaired) electrons. The van der Waals surface area contributed by atoms with Crippen LogP contribution in [0.3, 0.4) is 0 Å². The van der Waals surface area contributed by atoms with Gasteiger partial charge in [-0.1, -0.05) is 12.1 Å². The Balaban J connectivity index is 2.69. The number of halogens is 1. The molecule has 0 bridgehead atoms. The molecule has 4 nitrogen and oxygen atoms in total. The third-order valence-electron chi connectivity index (χ3n) is 2.54. The first-order valence-electron chi connectivity index (χ1n) is 5.78. The van der Waals surface area contributed by atoms with Crippen molar-refractivity contribution in [1.29, 1.82) is 0 Å². The number of hydrogen-bond acceptors (Lipinski definition) is 2. The van der Waals surface area contributed by atoms with Gasteiger partial charge >= 0.3 is 5.97 Å². The van der Waals surface area contributed by atoms with Gasteiger partial charge in [-0.15, -0.1) is 12.3 Å². The number of terminal acetylenes is 1. The average molecular weight is 263 g/mol. The lowest BCUT2D eigenvalue weighted by Crippen LogP contribution is -2.41. The summed E-state index contributed by atoms with van der Waals surface area (Å²) in [6.45, 7) is 0. The van der Waals surface area contributed by atoms with E-state index < -0.39 is 23.7 Å². The highest BCUT2D eigenvalue weighted by atomic mass is 19.1.